The lowest BCUT2D eigenvalue weighted by atomic mass is 9.88. The fourth-order valence-electron chi connectivity index (χ4n) is 3.88. The highest BCUT2D eigenvalue weighted by atomic mass is 32.1. The monoisotopic (exact) mass is 471 g/mol. The molecule has 178 valence electrons. The molecule has 8 heteroatoms. The second-order valence-electron chi connectivity index (χ2n) is 8.77. The fraction of sp³-hybridized carbons (Fsp3) is 0.480. The molecule has 0 aliphatic heterocycles. The topological polar surface area (TPSA) is 87.7 Å². The van der Waals surface area contributed by atoms with Crippen LogP contribution in [-0.2, 0) is 27.2 Å². The number of hydrogen-bond donors (Lipinski definition) is 2. The van der Waals surface area contributed by atoms with E-state index in [-0.39, 0.29) is 25.0 Å². The first kappa shape index (κ1) is 24.9. The molecule has 1 heterocycles. The summed E-state index contributed by atoms with van der Waals surface area (Å²) in [6.07, 6.45) is 2.72. The predicted molar refractivity (Wildman–Crippen MR) is 132 cm³/mol. The second kappa shape index (κ2) is 10.9. The number of anilines is 2. The first-order chi connectivity index (χ1) is 15.7. The third-order valence-electron chi connectivity index (χ3n) is 6.00. The molecule has 7 nitrogen and oxygen atoms in total. The van der Waals surface area contributed by atoms with Gasteiger partial charge in [-0.25, -0.2) is 4.79 Å². The Balaban J connectivity index is 1.67. The summed E-state index contributed by atoms with van der Waals surface area (Å²) in [7, 11) is 1.73. The Labute approximate surface area is 199 Å². The molecule has 33 heavy (non-hydrogen) atoms. The van der Waals surface area contributed by atoms with Crippen LogP contribution in [0.25, 0.3) is 0 Å². The lowest BCUT2D eigenvalue weighted by Crippen LogP contribution is -2.43. The maximum atomic E-state index is 13.0. The lowest BCUT2D eigenvalue weighted by Gasteiger charge is -2.23. The molecule has 1 aliphatic rings. The fourth-order valence-corrected chi connectivity index (χ4v) is 5.28. The zero-order chi connectivity index (χ0) is 24.1. The highest BCUT2D eigenvalue weighted by Crippen LogP contribution is 2.40. The van der Waals surface area contributed by atoms with Crippen LogP contribution >= 0.6 is 11.3 Å². The minimum Gasteiger partial charge on any atom is -0.462 e. The molecule has 0 spiro atoms. The Bertz CT molecular complexity index is 1020. The van der Waals surface area contributed by atoms with Gasteiger partial charge < -0.3 is 15.4 Å². The van der Waals surface area contributed by atoms with E-state index < -0.39 is 12.0 Å². The van der Waals surface area contributed by atoms with Gasteiger partial charge in [0.25, 0.3) is 0 Å². The Morgan fingerprint density at radius 1 is 1.21 bits per heavy atom. The number of nitrogens with one attached hydrogen (secondary N) is 2. The molecule has 1 aliphatic carbocycles. The first-order valence-electron chi connectivity index (χ1n) is 11.4. The van der Waals surface area contributed by atoms with Crippen molar-refractivity contribution in [1.82, 2.24) is 4.90 Å². The van der Waals surface area contributed by atoms with Crippen molar-refractivity contribution in [2.45, 2.75) is 53.0 Å². The third kappa shape index (κ3) is 6.21. The van der Waals surface area contributed by atoms with Crippen LogP contribution < -0.4 is 10.6 Å². The van der Waals surface area contributed by atoms with Crippen molar-refractivity contribution >= 4 is 39.8 Å². The van der Waals surface area contributed by atoms with Gasteiger partial charge in [-0.05, 0) is 70.7 Å². The third-order valence-corrected chi connectivity index (χ3v) is 7.17. The summed E-state index contributed by atoms with van der Waals surface area (Å²) >= 11 is 1.46. The van der Waals surface area contributed by atoms with Crippen LogP contribution in [0.3, 0.4) is 0 Å². The molecule has 0 radical (unpaired) electrons. The van der Waals surface area contributed by atoms with Crippen molar-refractivity contribution in [3.05, 3.63) is 45.8 Å². The zero-order valence-corrected chi connectivity index (χ0v) is 20.8. The van der Waals surface area contributed by atoms with Crippen LogP contribution in [0.2, 0.25) is 0 Å². The first-order valence-corrected chi connectivity index (χ1v) is 12.2. The maximum absolute atomic E-state index is 13.0. The summed E-state index contributed by atoms with van der Waals surface area (Å²) in [6.45, 7) is 8.04. The Morgan fingerprint density at radius 2 is 1.91 bits per heavy atom. The number of esters is 1. The van der Waals surface area contributed by atoms with E-state index >= 15 is 0 Å². The molecule has 2 amide bonds. The van der Waals surface area contributed by atoms with Gasteiger partial charge in [-0.15, -0.1) is 11.3 Å². The number of carbonyl (C=O) groups is 3. The van der Waals surface area contributed by atoms with E-state index in [2.05, 4.69) is 17.6 Å². The zero-order valence-electron chi connectivity index (χ0n) is 20.0. The van der Waals surface area contributed by atoms with E-state index in [0.717, 1.165) is 35.3 Å². The molecule has 2 atom stereocenters. The summed E-state index contributed by atoms with van der Waals surface area (Å²) in [5.41, 5.74) is 3.32. The van der Waals surface area contributed by atoms with Crippen molar-refractivity contribution in [2.24, 2.45) is 5.92 Å². The molecular weight excluding hydrogens is 438 g/mol. The van der Waals surface area contributed by atoms with Gasteiger partial charge in [-0.1, -0.05) is 24.6 Å². The normalized spacial score (nSPS) is 16.1. The largest absolute Gasteiger partial charge is 0.462 e. The summed E-state index contributed by atoms with van der Waals surface area (Å²) in [5.74, 6) is -0.309. The Hall–Kier alpha value is -2.71. The van der Waals surface area contributed by atoms with E-state index in [1.165, 1.54) is 11.3 Å². The number of amides is 2. The van der Waals surface area contributed by atoms with Gasteiger partial charge >= 0.3 is 5.97 Å². The number of benzene rings is 1. The predicted octanol–water partition coefficient (Wildman–Crippen LogP) is 4.26. The average Bonchev–Trinajstić information content (AvgIpc) is 3.11. The molecule has 2 N–H and O–H groups in total. The molecule has 2 aromatic rings. The van der Waals surface area contributed by atoms with E-state index in [0.29, 0.717) is 22.2 Å². The molecule has 0 fully saturated rings. The van der Waals surface area contributed by atoms with Crippen LogP contribution in [0.15, 0.2) is 24.3 Å². The van der Waals surface area contributed by atoms with Gasteiger partial charge in [0.05, 0.1) is 24.8 Å². The molecule has 0 unspecified atom stereocenters. The molecule has 1 aromatic carbocycles. The van der Waals surface area contributed by atoms with Crippen molar-refractivity contribution in [3.63, 3.8) is 0 Å². The number of likely N-dealkylation sites (N-methyl/N-ethyl adjacent to an activating group) is 1. The van der Waals surface area contributed by atoms with Crippen LogP contribution in [0, 0.1) is 12.8 Å². The second-order valence-corrected chi connectivity index (χ2v) is 9.88. The number of ether oxygens (including phenoxy) is 1. The number of thiophene rings is 1. The molecular formula is C25H33N3O4S. The highest BCUT2D eigenvalue weighted by molar-refractivity contribution is 7.17. The van der Waals surface area contributed by atoms with Gasteiger partial charge in [-0.3, -0.25) is 14.5 Å². The van der Waals surface area contributed by atoms with Gasteiger partial charge in [-0.2, -0.15) is 0 Å². The van der Waals surface area contributed by atoms with Crippen LogP contribution in [0.5, 0.6) is 0 Å². The highest BCUT2D eigenvalue weighted by Gasteiger charge is 2.30. The van der Waals surface area contributed by atoms with Gasteiger partial charge in [0.2, 0.25) is 11.8 Å². The summed E-state index contributed by atoms with van der Waals surface area (Å²) in [5, 5.41) is 6.33. The van der Waals surface area contributed by atoms with E-state index in [1.807, 2.05) is 31.2 Å². The number of fused-ring (bicyclic) bond motifs is 1. The van der Waals surface area contributed by atoms with Crippen molar-refractivity contribution in [2.75, 3.05) is 30.8 Å². The minimum absolute atomic E-state index is 0.0612. The van der Waals surface area contributed by atoms with Gasteiger partial charge in [0.15, 0.2) is 0 Å². The number of rotatable bonds is 8. The minimum atomic E-state index is -0.568. The van der Waals surface area contributed by atoms with E-state index in [9.17, 15) is 14.4 Å². The number of aryl methyl sites for hydroxylation is 1. The van der Waals surface area contributed by atoms with Crippen LogP contribution in [0.1, 0.15) is 53.6 Å². The van der Waals surface area contributed by atoms with E-state index in [1.54, 1.807) is 25.8 Å². The number of carbonyl (C=O) groups excluding carboxylic acids is 3. The van der Waals surface area contributed by atoms with Crippen LogP contribution in [0.4, 0.5) is 10.7 Å². The quantitative estimate of drug-likeness (QED) is 0.562. The average molecular weight is 472 g/mol. The molecule has 0 saturated heterocycles. The van der Waals surface area contributed by atoms with E-state index in [4.69, 9.17) is 4.74 Å². The maximum Gasteiger partial charge on any atom is 0.341 e. The smallest absolute Gasteiger partial charge is 0.341 e. The molecule has 0 bridgehead atoms. The standard InChI is InChI=1S/C25H33N3O4S/c1-6-32-25(31)22-19-12-9-16(3)13-20(19)33-24(22)27-23(30)17(4)28(5)14-21(29)26-18-10-7-15(2)8-11-18/h7-8,10-11,16-17H,6,9,12-14H2,1-5H3,(H,26,29)(H,27,30)/t16-,17-/m0/s1. The summed E-state index contributed by atoms with van der Waals surface area (Å²) in [4.78, 5) is 40.9. The van der Waals surface area contributed by atoms with Gasteiger partial charge in [0.1, 0.15) is 5.00 Å². The number of hydrogen-bond acceptors (Lipinski definition) is 6. The summed E-state index contributed by atoms with van der Waals surface area (Å²) < 4.78 is 5.28. The van der Waals surface area contributed by atoms with Crippen molar-refractivity contribution in [1.29, 1.82) is 0 Å². The number of nitrogens with zero attached hydrogens (tertiary/aromatic N) is 1. The van der Waals surface area contributed by atoms with Crippen molar-refractivity contribution < 1.29 is 19.1 Å². The summed E-state index contributed by atoms with van der Waals surface area (Å²) in [6, 6.07) is 6.98. The van der Waals surface area contributed by atoms with Crippen LogP contribution in [-0.4, -0.2) is 48.9 Å². The SMILES string of the molecule is CCOC(=O)c1c(NC(=O)[C@H](C)N(C)CC(=O)Nc2ccc(C)cc2)sc2c1CC[C@H](C)C2. The molecule has 3 rings (SSSR count). The van der Waals surface area contributed by atoms with Crippen molar-refractivity contribution in [3.8, 4) is 0 Å². The lowest BCUT2D eigenvalue weighted by molar-refractivity contribution is -0.122. The molecule has 0 saturated carbocycles. The Kier molecular flexibility index (Phi) is 8.26. The molecule has 1 aromatic heterocycles. The van der Waals surface area contributed by atoms with Gasteiger partial charge in [0, 0.05) is 10.6 Å². The Morgan fingerprint density at radius 3 is 2.58 bits per heavy atom.